The summed E-state index contributed by atoms with van der Waals surface area (Å²) in [5, 5.41) is 15.1. The molecule has 6 atom stereocenters. The number of halogens is 3. The Kier molecular flexibility index (Phi) is 42.7. The van der Waals surface area contributed by atoms with Gasteiger partial charge in [-0.25, -0.2) is 28.8 Å². The number of ether oxygens (including phenoxy) is 16. The van der Waals surface area contributed by atoms with E-state index < -0.39 is 82.5 Å². The van der Waals surface area contributed by atoms with Gasteiger partial charge in [-0.3, -0.25) is 19.4 Å². The summed E-state index contributed by atoms with van der Waals surface area (Å²) in [6.07, 6.45) is 1.89. The number of ketones is 1. The van der Waals surface area contributed by atoms with E-state index in [4.69, 9.17) is 106 Å². The van der Waals surface area contributed by atoms with Gasteiger partial charge in [0.2, 0.25) is 29.4 Å². The second-order valence-electron chi connectivity index (χ2n) is 25.5. The summed E-state index contributed by atoms with van der Waals surface area (Å²) in [5.41, 5.74) is -1.05. The smallest absolute Gasteiger partial charge is 0.548 e. The number of nitrogens with zero attached hydrogens (tertiary/aromatic N) is 2. The van der Waals surface area contributed by atoms with Crippen molar-refractivity contribution < 1.29 is 198 Å². The average molecular weight is 1800 g/mol. The summed E-state index contributed by atoms with van der Waals surface area (Å²) in [6.45, 7) is 8.44. The maximum Gasteiger partial charge on any atom is 1.00 e. The number of aliphatic carboxylic acids is 1. The van der Waals surface area contributed by atoms with Crippen molar-refractivity contribution in [3.63, 3.8) is 0 Å². The fourth-order valence-electron chi connectivity index (χ4n) is 12.6. The zero-order chi connectivity index (χ0) is 85.0. The van der Waals surface area contributed by atoms with Gasteiger partial charge in [0.1, 0.15) is 36.7 Å². The summed E-state index contributed by atoms with van der Waals surface area (Å²) >= 11 is 15.8. The molecule has 35 heteroatoms. The number of nitrogens with one attached hydrogen (secondary N) is 2. The predicted octanol–water partition coefficient (Wildman–Crippen LogP) is 8.81. The van der Waals surface area contributed by atoms with E-state index in [1.165, 1.54) is 121 Å². The molecule has 116 heavy (non-hydrogen) atoms. The maximum absolute atomic E-state index is 13.3. The number of rotatable bonds is 30. The Morgan fingerprint density at radius 2 is 0.819 bits per heavy atom. The van der Waals surface area contributed by atoms with Crippen LogP contribution in [0.2, 0.25) is 0 Å². The average Bonchev–Trinajstić information content (AvgIpc) is 1.71. The molecule has 626 valence electrons. The van der Waals surface area contributed by atoms with E-state index in [-0.39, 0.29) is 130 Å². The van der Waals surface area contributed by atoms with Crippen LogP contribution in [0.5, 0.6) is 51.7 Å². The van der Waals surface area contributed by atoms with Gasteiger partial charge in [-0.2, -0.15) is 0 Å². The fraction of sp³-hybridized carbons (Fsp3) is 0.432. The second kappa shape index (κ2) is 49.8. The number of hydrogen-bond donors (Lipinski definition) is 2. The third-order valence-corrected chi connectivity index (χ3v) is 18.2. The van der Waals surface area contributed by atoms with E-state index in [0.717, 1.165) is 42.5 Å². The first kappa shape index (κ1) is 99.3. The van der Waals surface area contributed by atoms with Crippen molar-refractivity contribution in [2.75, 3.05) is 110 Å². The van der Waals surface area contributed by atoms with Gasteiger partial charge in [-0.05, 0) is 119 Å². The topological polar surface area (TPSA) is 372 Å². The number of carbonyl (C=O) groups is 10. The number of esters is 4. The zero-order valence-electron chi connectivity index (χ0n) is 67.5. The van der Waals surface area contributed by atoms with Crippen LogP contribution in [0.4, 0.5) is 14.4 Å². The normalized spacial score (nSPS) is 16.8. The van der Waals surface area contributed by atoms with Crippen LogP contribution in [0, 0.1) is 0 Å². The van der Waals surface area contributed by atoms with Gasteiger partial charge >= 0.3 is 110 Å². The van der Waals surface area contributed by atoms with Gasteiger partial charge in [-0.1, -0.05) is 114 Å². The van der Waals surface area contributed by atoms with Crippen molar-refractivity contribution >= 4 is 94.0 Å². The molecule has 0 spiro atoms. The zero-order valence-corrected chi connectivity index (χ0v) is 76.1. The Hall–Kier alpha value is -9.10. The standard InChI is InChI=1S/C29H35NO10.C24H28ClNO7.C21H25NO5.C4H7NO3.C3H4Cl2O2.Cs/c1-19(31)12-13-25(32)39-20(2)40-28(34)30-15-9-14-29(30,22-10-7-6-8-11-22)18-38-27(33)21-16-23(35-3)26(37-5)24(17-21)36-4;1-16(25)33-23(28)26-12-8-11-24(26,18-9-6-5-7-10-18)15-32-22(27)17-13-19(29-2)21(31-4)20(14-17)30-3;1-24-17-12-15(13-18(25-2)19(17)26-3)20(23)27-14-21(10-7-11-22-21)16-8-5-4-6-9-16;1-3(6)5-2-4(7)8;1-2(4)7-3(5)6;/h6-8,10-11,16-17,20H,9,12-15,18H2,1-5H3;5-7,9-10,13-14,16H,8,11-12,15H2,1-4H3;4-6,8-9,12-13,22H,7,10-11,14H2,1-3H3;2H2,1H3,(H,5,6)(H,7,8);2H,1H3;/q;;;;;+1/p-1. The number of carbonyl (C=O) groups excluding carboxylic acids is 10. The summed E-state index contributed by atoms with van der Waals surface area (Å²) < 4.78 is 85.1. The summed E-state index contributed by atoms with van der Waals surface area (Å²) in [5.74, 6) is -0.860. The van der Waals surface area contributed by atoms with Crippen molar-refractivity contribution in [1.29, 1.82) is 0 Å². The Balaban J connectivity index is 0.000000338. The molecule has 3 fully saturated rings. The largest absolute Gasteiger partial charge is 1.00 e. The molecule has 0 radical (unpaired) electrons. The number of Topliss-reactive ketones (excluding diaryl/α,β-unsaturated/α-hetero) is 1. The van der Waals surface area contributed by atoms with Gasteiger partial charge in [0, 0.05) is 45.0 Å². The van der Waals surface area contributed by atoms with Crippen LogP contribution in [0.3, 0.4) is 0 Å². The number of methoxy groups -OCH3 is 9. The minimum atomic E-state index is -1.28. The van der Waals surface area contributed by atoms with Gasteiger partial charge in [0.05, 0.1) is 105 Å². The molecule has 0 bridgehead atoms. The minimum absolute atomic E-state index is 0. The van der Waals surface area contributed by atoms with Crippen LogP contribution in [-0.2, 0) is 69.0 Å². The van der Waals surface area contributed by atoms with Gasteiger partial charge < -0.3 is 101 Å². The van der Waals surface area contributed by atoms with E-state index >= 15 is 0 Å². The number of benzene rings is 6. The summed E-state index contributed by atoms with van der Waals surface area (Å²) in [7, 11) is 13.3. The second-order valence-corrected chi connectivity index (χ2v) is 27.0. The van der Waals surface area contributed by atoms with Gasteiger partial charge in [0.25, 0.3) is 0 Å². The summed E-state index contributed by atoms with van der Waals surface area (Å²) in [6, 6.07) is 38.0. The fourth-order valence-corrected chi connectivity index (χ4v) is 12.9. The molecule has 2 N–H and O–H groups in total. The maximum atomic E-state index is 13.3. The molecule has 3 aliphatic heterocycles. The molecule has 3 aliphatic rings. The van der Waals surface area contributed by atoms with E-state index in [1.54, 1.807) is 24.0 Å². The van der Waals surface area contributed by atoms with Crippen molar-refractivity contribution in [3.05, 3.63) is 161 Å². The van der Waals surface area contributed by atoms with Crippen molar-refractivity contribution in [2.45, 2.75) is 120 Å². The van der Waals surface area contributed by atoms with Crippen LogP contribution in [0.1, 0.15) is 134 Å². The van der Waals surface area contributed by atoms with Crippen LogP contribution >= 0.6 is 34.8 Å². The quantitative estimate of drug-likeness (QED) is 0.0140. The van der Waals surface area contributed by atoms with E-state index in [9.17, 15) is 53.1 Å². The number of alkyl halides is 2. The first-order valence-corrected chi connectivity index (χ1v) is 37.2. The van der Waals surface area contributed by atoms with E-state index in [1.807, 2.05) is 84.2 Å². The molecule has 0 aromatic heterocycles. The number of carboxylic acids is 1. The first-order chi connectivity index (χ1) is 54.9. The van der Waals surface area contributed by atoms with Gasteiger partial charge in [0.15, 0.2) is 45.6 Å². The van der Waals surface area contributed by atoms with Crippen LogP contribution in [0.25, 0.3) is 0 Å². The Labute approximate surface area is 747 Å². The number of likely N-dealkylation sites (tertiary alicyclic amines) is 2. The Bertz CT molecular complexity index is 4130. The van der Waals surface area contributed by atoms with Crippen molar-refractivity contribution in [3.8, 4) is 51.7 Å². The molecule has 6 aromatic carbocycles. The third kappa shape index (κ3) is 28.9. The number of amides is 3. The molecule has 0 saturated carbocycles. The molecule has 3 saturated heterocycles. The number of hydrogen-bond acceptors (Lipinski definition) is 28. The predicted molar refractivity (Wildman–Crippen MR) is 418 cm³/mol. The molecule has 0 aliphatic carbocycles. The van der Waals surface area contributed by atoms with Gasteiger partial charge in [-0.15, -0.1) is 0 Å². The van der Waals surface area contributed by atoms with Crippen LogP contribution in [-0.4, -0.2) is 196 Å². The van der Waals surface area contributed by atoms with E-state index in [2.05, 4.69) is 22.2 Å². The molecule has 3 amide bonds. The van der Waals surface area contributed by atoms with Crippen LogP contribution in [0.15, 0.2) is 127 Å². The third-order valence-electron chi connectivity index (χ3n) is 17.9. The Morgan fingerprint density at radius 3 is 1.10 bits per heavy atom. The Morgan fingerprint density at radius 1 is 0.466 bits per heavy atom. The molecule has 6 unspecified atom stereocenters. The first-order valence-electron chi connectivity index (χ1n) is 36.0. The van der Waals surface area contributed by atoms with Crippen LogP contribution < -0.4 is 127 Å². The summed E-state index contributed by atoms with van der Waals surface area (Å²) in [4.78, 5) is 121. The molecule has 9 rings (SSSR count). The SMILES string of the molecule is CC(=O)NCC(=O)[O-].CC(Cl)OC(=O)Cl.COc1cc(C(=O)OCC2(c3ccccc3)CCCN2)cc(OC)c1OC.COc1cc(C(=O)OCC2(c3ccccc3)CCCN2C(=O)OC(C)Cl)cc(OC)c1OC.COc1cc(C(=O)OCC2(c3ccccc3)CCCN2C(=O)OC(C)OC(=O)CCC(C)=O)cc(OC)c1OC.[Cs+]. The molecule has 6 aromatic rings. The molecule has 31 nitrogen and oxygen atoms in total. The molecular formula is C81H98Cl3CsN4O27. The monoisotopic (exact) mass is 1800 g/mol. The van der Waals surface area contributed by atoms with Crippen molar-refractivity contribution in [2.24, 2.45) is 0 Å². The minimum Gasteiger partial charge on any atom is -0.548 e. The number of carboxylic acid groups (broad SMARTS) is 1. The van der Waals surface area contributed by atoms with Crippen molar-refractivity contribution in [1.82, 2.24) is 20.4 Å². The molecular weight excluding hydrogens is 1700 g/mol. The molecule has 3 heterocycles. The van der Waals surface area contributed by atoms with E-state index in [0.29, 0.717) is 89.7 Å².